The fourth-order valence-electron chi connectivity index (χ4n) is 8.03. The van der Waals surface area contributed by atoms with Gasteiger partial charge in [0.1, 0.15) is 0 Å². The molecule has 3 saturated carbocycles. The van der Waals surface area contributed by atoms with E-state index in [-0.39, 0.29) is 11.5 Å². The van der Waals surface area contributed by atoms with E-state index in [2.05, 4.69) is 38.1 Å². The SMILES string of the molecule is C[C@]12CCC3C(CC[C@H]4C[C@@H](O)CC[C@]34C)[C@@H]1Cc1nn(-c3ccccc3)nc12. The Morgan fingerprint density at radius 2 is 1.79 bits per heavy atom. The summed E-state index contributed by atoms with van der Waals surface area (Å²) in [5, 5.41) is 20.2. The average Bonchev–Trinajstić information content (AvgIpc) is 3.27. The Labute approximate surface area is 173 Å². The summed E-state index contributed by atoms with van der Waals surface area (Å²) < 4.78 is 0. The monoisotopic (exact) mass is 391 g/mol. The van der Waals surface area contributed by atoms with E-state index in [1.807, 2.05) is 10.9 Å². The largest absolute Gasteiger partial charge is 0.393 e. The number of aliphatic hydroxyl groups excluding tert-OH is 1. The summed E-state index contributed by atoms with van der Waals surface area (Å²) in [6.07, 6.45) is 9.49. The maximum absolute atomic E-state index is 10.2. The van der Waals surface area contributed by atoms with Gasteiger partial charge >= 0.3 is 0 Å². The number of aliphatic hydroxyl groups is 1. The second-order valence-corrected chi connectivity index (χ2v) is 10.9. The standard InChI is InChI=1S/C25H33N3O/c1-24-12-10-18(29)14-16(24)8-9-19-20(24)11-13-25(2)21(19)15-22-23(25)27-28(26-22)17-6-4-3-5-7-17/h3-7,16,18-21,29H,8-15H2,1-2H3/t16-,18-,19?,20?,21-,24-,25-/m0/s1. The number of hydrogen-bond acceptors (Lipinski definition) is 3. The van der Waals surface area contributed by atoms with Gasteiger partial charge in [-0.15, -0.1) is 0 Å². The number of hydrogen-bond donors (Lipinski definition) is 1. The topological polar surface area (TPSA) is 50.9 Å². The lowest BCUT2D eigenvalue weighted by Gasteiger charge is -2.60. The lowest BCUT2D eigenvalue weighted by Crippen LogP contribution is -2.54. The van der Waals surface area contributed by atoms with E-state index < -0.39 is 0 Å². The Bertz CT molecular complexity index is 923. The van der Waals surface area contributed by atoms with Gasteiger partial charge in [0.25, 0.3) is 0 Å². The molecule has 1 aromatic heterocycles. The Morgan fingerprint density at radius 1 is 0.966 bits per heavy atom. The van der Waals surface area contributed by atoms with E-state index in [1.165, 1.54) is 43.5 Å². The van der Waals surface area contributed by atoms with Gasteiger partial charge in [0.05, 0.1) is 23.2 Å². The molecule has 154 valence electrons. The highest BCUT2D eigenvalue weighted by Crippen LogP contribution is 2.65. The lowest BCUT2D eigenvalue weighted by atomic mass is 9.45. The third-order valence-corrected chi connectivity index (χ3v) is 9.65. The molecule has 0 amide bonds. The van der Waals surface area contributed by atoms with Crippen LogP contribution in [0.5, 0.6) is 0 Å². The summed E-state index contributed by atoms with van der Waals surface area (Å²) in [5.74, 6) is 3.03. The zero-order valence-electron chi connectivity index (χ0n) is 17.7. The van der Waals surface area contributed by atoms with Gasteiger partial charge in [0, 0.05) is 5.41 Å². The predicted molar refractivity (Wildman–Crippen MR) is 113 cm³/mol. The van der Waals surface area contributed by atoms with Crippen LogP contribution in [-0.4, -0.2) is 26.2 Å². The van der Waals surface area contributed by atoms with Gasteiger partial charge in [-0.05, 0) is 92.6 Å². The number of nitrogens with zero attached hydrogens (tertiary/aromatic N) is 3. The Kier molecular flexibility index (Phi) is 3.85. The van der Waals surface area contributed by atoms with Crippen LogP contribution < -0.4 is 0 Å². The van der Waals surface area contributed by atoms with Gasteiger partial charge in [-0.25, -0.2) is 0 Å². The first-order valence-electron chi connectivity index (χ1n) is 11.7. The van der Waals surface area contributed by atoms with Crippen molar-refractivity contribution in [3.05, 3.63) is 41.7 Å². The third kappa shape index (κ3) is 2.47. The average molecular weight is 392 g/mol. The predicted octanol–water partition coefficient (Wildman–Crippen LogP) is 4.68. The molecule has 4 nitrogen and oxygen atoms in total. The van der Waals surface area contributed by atoms with Gasteiger partial charge in [-0.2, -0.15) is 15.0 Å². The normalized spacial score (nSPS) is 43.2. The van der Waals surface area contributed by atoms with Crippen LogP contribution in [-0.2, 0) is 11.8 Å². The van der Waals surface area contributed by atoms with Crippen LogP contribution in [0.4, 0.5) is 0 Å². The molecule has 6 rings (SSSR count). The molecular weight excluding hydrogens is 358 g/mol. The summed E-state index contributed by atoms with van der Waals surface area (Å²) >= 11 is 0. The molecule has 3 fully saturated rings. The minimum Gasteiger partial charge on any atom is -0.393 e. The van der Waals surface area contributed by atoms with E-state index in [4.69, 9.17) is 10.2 Å². The molecule has 1 aromatic carbocycles. The molecule has 1 heterocycles. The van der Waals surface area contributed by atoms with Crippen LogP contribution in [0.25, 0.3) is 5.69 Å². The first kappa shape index (κ1) is 18.1. The van der Waals surface area contributed by atoms with Crippen molar-refractivity contribution >= 4 is 0 Å². The summed E-state index contributed by atoms with van der Waals surface area (Å²) in [7, 11) is 0. The zero-order valence-corrected chi connectivity index (χ0v) is 17.7. The van der Waals surface area contributed by atoms with Gasteiger partial charge < -0.3 is 5.11 Å². The molecule has 2 aromatic rings. The number of fused-ring (bicyclic) bond motifs is 7. The summed E-state index contributed by atoms with van der Waals surface area (Å²) in [6, 6.07) is 10.3. The Hall–Kier alpha value is -1.68. The van der Waals surface area contributed by atoms with Gasteiger partial charge in [-0.1, -0.05) is 32.0 Å². The van der Waals surface area contributed by atoms with Crippen molar-refractivity contribution in [2.24, 2.45) is 29.1 Å². The fraction of sp³-hybridized carbons (Fsp3) is 0.680. The van der Waals surface area contributed by atoms with E-state index in [9.17, 15) is 5.11 Å². The van der Waals surface area contributed by atoms with E-state index in [1.54, 1.807) is 0 Å². The van der Waals surface area contributed by atoms with Crippen molar-refractivity contribution in [1.29, 1.82) is 0 Å². The molecule has 4 aliphatic carbocycles. The molecule has 0 saturated heterocycles. The maximum atomic E-state index is 10.2. The van der Waals surface area contributed by atoms with Gasteiger partial charge in [0.15, 0.2) is 0 Å². The van der Waals surface area contributed by atoms with Gasteiger partial charge in [-0.3, -0.25) is 0 Å². The first-order valence-corrected chi connectivity index (χ1v) is 11.7. The minimum absolute atomic E-state index is 0.0583. The zero-order chi connectivity index (χ0) is 19.8. The fourth-order valence-corrected chi connectivity index (χ4v) is 8.03. The van der Waals surface area contributed by atoms with Crippen molar-refractivity contribution < 1.29 is 5.11 Å². The molecule has 0 bridgehead atoms. The van der Waals surface area contributed by atoms with Gasteiger partial charge in [0.2, 0.25) is 0 Å². The molecule has 0 spiro atoms. The van der Waals surface area contributed by atoms with Crippen molar-refractivity contribution in [2.45, 2.75) is 76.7 Å². The highest BCUT2D eigenvalue weighted by molar-refractivity contribution is 5.35. The lowest BCUT2D eigenvalue weighted by molar-refractivity contribution is -0.111. The maximum Gasteiger partial charge on any atom is 0.0925 e. The van der Waals surface area contributed by atoms with Crippen LogP contribution in [0.2, 0.25) is 0 Å². The summed E-state index contributed by atoms with van der Waals surface area (Å²) in [6.45, 7) is 5.04. The molecule has 0 radical (unpaired) electrons. The molecule has 0 aliphatic heterocycles. The third-order valence-electron chi connectivity index (χ3n) is 9.65. The molecule has 4 heteroatoms. The molecule has 1 N–H and O–H groups in total. The van der Waals surface area contributed by atoms with Crippen LogP contribution in [0.1, 0.15) is 70.2 Å². The van der Waals surface area contributed by atoms with Crippen LogP contribution in [0, 0.1) is 29.1 Å². The number of aromatic nitrogens is 3. The molecule has 7 atom stereocenters. The summed E-state index contributed by atoms with van der Waals surface area (Å²) in [5.41, 5.74) is 4.19. The second kappa shape index (κ2) is 6.16. The highest BCUT2D eigenvalue weighted by atomic mass is 16.3. The van der Waals surface area contributed by atoms with Crippen LogP contribution >= 0.6 is 0 Å². The smallest absolute Gasteiger partial charge is 0.0925 e. The van der Waals surface area contributed by atoms with Crippen molar-refractivity contribution in [3.8, 4) is 5.69 Å². The highest BCUT2D eigenvalue weighted by Gasteiger charge is 2.60. The number of rotatable bonds is 1. The Morgan fingerprint density at radius 3 is 2.62 bits per heavy atom. The van der Waals surface area contributed by atoms with Crippen LogP contribution in [0.15, 0.2) is 30.3 Å². The van der Waals surface area contributed by atoms with Crippen molar-refractivity contribution in [1.82, 2.24) is 15.0 Å². The van der Waals surface area contributed by atoms with Crippen molar-refractivity contribution in [3.63, 3.8) is 0 Å². The quantitative estimate of drug-likeness (QED) is 0.768. The Balaban J connectivity index is 1.32. The molecule has 2 unspecified atom stereocenters. The minimum atomic E-state index is -0.0583. The first-order chi connectivity index (χ1) is 14.0. The molecular formula is C25H33N3O. The summed E-state index contributed by atoms with van der Waals surface area (Å²) in [4.78, 5) is 1.86. The van der Waals surface area contributed by atoms with E-state index >= 15 is 0 Å². The van der Waals surface area contributed by atoms with Crippen LogP contribution in [0.3, 0.4) is 0 Å². The van der Waals surface area contributed by atoms with Crippen molar-refractivity contribution in [2.75, 3.05) is 0 Å². The number of para-hydroxylation sites is 1. The number of benzene rings is 1. The second-order valence-electron chi connectivity index (χ2n) is 10.9. The molecule has 29 heavy (non-hydrogen) atoms. The molecule has 4 aliphatic rings. The van der Waals surface area contributed by atoms with E-state index in [0.29, 0.717) is 11.3 Å². The van der Waals surface area contributed by atoms with E-state index in [0.717, 1.165) is 42.7 Å².